The first-order valence-electron chi connectivity index (χ1n) is 27.3. The van der Waals surface area contributed by atoms with E-state index in [0.717, 1.165) is 34.1 Å². The van der Waals surface area contributed by atoms with E-state index in [4.69, 9.17) is 0 Å². The summed E-state index contributed by atoms with van der Waals surface area (Å²) in [6.07, 6.45) is 0. The first kappa shape index (κ1) is 46.1. The largest absolute Gasteiger partial charge is 0.310 e. The van der Waals surface area contributed by atoms with Crippen molar-refractivity contribution >= 4 is 77.2 Å². The monoisotopic (exact) mass is 1000 g/mol. The number of para-hydroxylation sites is 2. The van der Waals surface area contributed by atoms with Crippen LogP contribution in [0.25, 0.3) is 76.5 Å². The zero-order valence-electron chi connectivity index (χ0n) is 43.4. The summed E-state index contributed by atoms with van der Waals surface area (Å²) in [5.74, 6) is 0. The zero-order chi connectivity index (χ0) is 52.3. The number of anilines is 6. The second-order valence-electron chi connectivity index (χ2n) is 20.8. The fourth-order valence-electron chi connectivity index (χ4n) is 12.9. The minimum atomic E-state index is -0.782. The van der Waals surface area contributed by atoms with Crippen LogP contribution in [0.15, 0.2) is 315 Å². The lowest BCUT2D eigenvalue weighted by atomic mass is 9.67. The molecule has 1 aliphatic carbocycles. The van der Waals surface area contributed by atoms with Gasteiger partial charge in [0.15, 0.2) is 0 Å². The maximum absolute atomic E-state index is 2.54. The molecule has 2 nitrogen and oxygen atoms in total. The highest BCUT2D eigenvalue weighted by Crippen LogP contribution is 2.59. The molecule has 0 amide bonds. The molecule has 0 fully saturated rings. The second kappa shape index (κ2) is 19.1. The van der Waals surface area contributed by atoms with Crippen molar-refractivity contribution < 1.29 is 0 Å². The van der Waals surface area contributed by atoms with Crippen LogP contribution >= 0.6 is 0 Å². The number of rotatable bonds is 10. The predicted molar refractivity (Wildman–Crippen MR) is 334 cm³/mol. The molecule has 370 valence electrons. The average Bonchev–Trinajstić information content (AvgIpc) is 3.71. The molecule has 0 N–H and O–H groups in total. The van der Waals surface area contributed by atoms with E-state index in [1.54, 1.807) is 0 Å². The molecule has 15 rings (SSSR count). The number of hydrogen-bond acceptors (Lipinski definition) is 2. The van der Waals surface area contributed by atoms with E-state index in [1.807, 2.05) is 0 Å². The Morgan fingerprint density at radius 2 is 0.582 bits per heavy atom. The van der Waals surface area contributed by atoms with E-state index in [-0.39, 0.29) is 0 Å². The molecular weight excluding hydrogens is 953 g/mol. The Hall–Kier alpha value is -10.3. The van der Waals surface area contributed by atoms with Crippen LogP contribution in [-0.2, 0) is 5.41 Å². The third kappa shape index (κ3) is 7.64. The van der Waals surface area contributed by atoms with E-state index < -0.39 is 5.41 Å². The fraction of sp³-hybridized carbons (Fsp3) is 0.0130. The molecule has 0 spiro atoms. The van der Waals surface area contributed by atoms with Crippen LogP contribution in [0.5, 0.6) is 0 Å². The Balaban J connectivity index is 1.03. The molecule has 0 aliphatic heterocycles. The number of hydrogen-bond donors (Lipinski definition) is 0. The quantitative estimate of drug-likeness (QED) is 0.126. The summed E-state index contributed by atoms with van der Waals surface area (Å²) in [6, 6.07) is 117. The molecule has 0 unspecified atom stereocenters. The summed E-state index contributed by atoms with van der Waals surface area (Å²) < 4.78 is 0. The lowest BCUT2D eigenvalue weighted by Gasteiger charge is -2.36. The Morgan fingerprint density at radius 1 is 0.215 bits per heavy atom. The summed E-state index contributed by atoms with van der Waals surface area (Å²) in [5, 5.41) is 9.75. The topological polar surface area (TPSA) is 6.48 Å². The molecule has 79 heavy (non-hydrogen) atoms. The maximum atomic E-state index is 2.54. The SMILES string of the molecule is c1ccc(-c2ccc(C3(c4ccc(-c5ccccc5)cc4)c4cc(N(c5ccccc5)c5ccccc5)ccc4-c4ccc(N(c5cccc6c5ccc5ccccc56)c5cccc6c5ccc5ccccc56)cc43)cc2)cc1. The van der Waals surface area contributed by atoms with Crippen LogP contribution in [-0.4, -0.2) is 0 Å². The van der Waals surface area contributed by atoms with E-state index >= 15 is 0 Å². The Kier molecular flexibility index (Phi) is 11.1. The molecule has 14 aromatic carbocycles. The zero-order valence-corrected chi connectivity index (χ0v) is 43.4. The number of benzene rings is 14. The summed E-state index contributed by atoms with van der Waals surface area (Å²) in [7, 11) is 0. The number of nitrogens with zero attached hydrogens (tertiary/aromatic N) is 2. The van der Waals surface area contributed by atoms with Gasteiger partial charge in [-0.1, -0.05) is 255 Å². The van der Waals surface area contributed by atoms with E-state index in [1.165, 1.54) is 98.7 Å². The van der Waals surface area contributed by atoms with Crippen LogP contribution in [0.4, 0.5) is 34.1 Å². The molecule has 0 bridgehead atoms. The minimum Gasteiger partial charge on any atom is -0.310 e. The van der Waals surface area contributed by atoms with Crippen LogP contribution < -0.4 is 9.80 Å². The second-order valence-corrected chi connectivity index (χ2v) is 20.8. The van der Waals surface area contributed by atoms with Gasteiger partial charge in [-0.05, 0) is 149 Å². The van der Waals surface area contributed by atoms with Gasteiger partial charge in [0.25, 0.3) is 0 Å². The van der Waals surface area contributed by atoms with Crippen molar-refractivity contribution in [2.75, 3.05) is 9.80 Å². The van der Waals surface area contributed by atoms with Crippen molar-refractivity contribution in [2.45, 2.75) is 5.41 Å². The van der Waals surface area contributed by atoms with Gasteiger partial charge in [0, 0.05) is 33.5 Å². The third-order valence-corrected chi connectivity index (χ3v) is 16.5. The Labute approximate surface area is 461 Å². The maximum Gasteiger partial charge on any atom is 0.0715 e. The summed E-state index contributed by atoms with van der Waals surface area (Å²) in [4.78, 5) is 4.93. The van der Waals surface area contributed by atoms with Gasteiger partial charge < -0.3 is 9.80 Å². The standard InChI is InChI=1S/C77H52N2/c1-5-19-53(20-6-1)55-35-41-59(42-36-55)77(60-43-37-56(38-44-60)54-21-7-2-8-22-54)73-51-63(78(61-25-9-3-10-26-61)62-27-11-4-12-28-62)45-49-69(73)70-50-46-64(52-74(70)77)79(75-33-17-31-67-65-29-15-13-23-57(65)39-47-71(67)75)76-34-18-32-68-66-30-16-14-24-58(66)40-48-72(68)76/h1-52H. The lowest BCUT2D eigenvalue weighted by Crippen LogP contribution is -2.29. The van der Waals surface area contributed by atoms with Crippen molar-refractivity contribution in [2.24, 2.45) is 0 Å². The van der Waals surface area contributed by atoms with Gasteiger partial charge in [0.2, 0.25) is 0 Å². The van der Waals surface area contributed by atoms with Gasteiger partial charge in [-0.3, -0.25) is 0 Å². The summed E-state index contributed by atoms with van der Waals surface area (Å²) in [6.45, 7) is 0. The molecule has 0 aromatic heterocycles. The molecule has 2 heteroatoms. The van der Waals surface area contributed by atoms with Gasteiger partial charge in [0.05, 0.1) is 16.8 Å². The van der Waals surface area contributed by atoms with Gasteiger partial charge in [-0.15, -0.1) is 0 Å². The number of fused-ring (bicyclic) bond motifs is 9. The lowest BCUT2D eigenvalue weighted by molar-refractivity contribution is 0.768. The van der Waals surface area contributed by atoms with Crippen LogP contribution in [0.1, 0.15) is 22.3 Å². The molecule has 0 heterocycles. The van der Waals surface area contributed by atoms with E-state index in [2.05, 4.69) is 325 Å². The Bertz CT molecular complexity index is 4330. The summed E-state index contributed by atoms with van der Waals surface area (Å²) in [5.41, 5.74) is 17.8. The fourth-order valence-corrected chi connectivity index (χ4v) is 12.9. The van der Waals surface area contributed by atoms with Crippen molar-refractivity contribution in [1.82, 2.24) is 0 Å². The first-order chi connectivity index (χ1) is 39.2. The molecule has 0 saturated carbocycles. The van der Waals surface area contributed by atoms with Crippen LogP contribution in [0.2, 0.25) is 0 Å². The van der Waals surface area contributed by atoms with E-state index in [0.29, 0.717) is 0 Å². The van der Waals surface area contributed by atoms with Gasteiger partial charge in [-0.25, -0.2) is 0 Å². The molecule has 1 aliphatic rings. The molecular formula is C77H52N2. The highest BCUT2D eigenvalue weighted by molar-refractivity contribution is 6.16. The first-order valence-corrected chi connectivity index (χ1v) is 27.3. The van der Waals surface area contributed by atoms with Crippen molar-refractivity contribution in [3.63, 3.8) is 0 Å². The third-order valence-electron chi connectivity index (χ3n) is 16.5. The molecule has 14 aromatic rings. The van der Waals surface area contributed by atoms with Gasteiger partial charge >= 0.3 is 0 Å². The smallest absolute Gasteiger partial charge is 0.0715 e. The normalized spacial score (nSPS) is 12.4. The van der Waals surface area contributed by atoms with Crippen LogP contribution in [0.3, 0.4) is 0 Å². The molecule has 0 radical (unpaired) electrons. The van der Waals surface area contributed by atoms with Crippen molar-refractivity contribution in [1.29, 1.82) is 0 Å². The van der Waals surface area contributed by atoms with Crippen molar-refractivity contribution in [3.8, 4) is 33.4 Å². The van der Waals surface area contributed by atoms with Gasteiger partial charge in [0.1, 0.15) is 0 Å². The van der Waals surface area contributed by atoms with E-state index in [9.17, 15) is 0 Å². The average molecular weight is 1010 g/mol. The Morgan fingerprint density at radius 3 is 1.03 bits per heavy atom. The van der Waals surface area contributed by atoms with Crippen LogP contribution in [0, 0.1) is 0 Å². The van der Waals surface area contributed by atoms with Gasteiger partial charge in [-0.2, -0.15) is 0 Å². The van der Waals surface area contributed by atoms with Crippen molar-refractivity contribution in [3.05, 3.63) is 338 Å². The minimum absolute atomic E-state index is 0.782. The highest BCUT2D eigenvalue weighted by atomic mass is 15.2. The molecule has 0 saturated heterocycles. The summed E-state index contributed by atoms with van der Waals surface area (Å²) >= 11 is 0. The highest BCUT2D eigenvalue weighted by Gasteiger charge is 2.47. The molecule has 0 atom stereocenters. The predicted octanol–water partition coefficient (Wildman–Crippen LogP) is 20.9.